The van der Waals surface area contributed by atoms with Crippen LogP contribution in [0.1, 0.15) is 11.1 Å². The zero-order valence-electron chi connectivity index (χ0n) is 11.8. The molecule has 0 saturated heterocycles. The van der Waals surface area contributed by atoms with E-state index < -0.39 is 0 Å². The Bertz CT molecular complexity index is 648. The van der Waals surface area contributed by atoms with E-state index in [9.17, 15) is 4.79 Å². The number of carbonyl (C=O) groups excluding carboxylic acids is 1. The molecule has 0 aromatic heterocycles. The van der Waals surface area contributed by atoms with Crippen molar-refractivity contribution < 1.29 is 4.79 Å². The van der Waals surface area contributed by atoms with Gasteiger partial charge in [0, 0.05) is 11.9 Å². The third kappa shape index (κ3) is 4.95. The van der Waals surface area contributed by atoms with Crippen molar-refractivity contribution in [3.63, 3.8) is 0 Å². The molecule has 2 amide bonds. The lowest BCUT2D eigenvalue weighted by Gasteiger charge is -2.06. The molecule has 0 atom stereocenters. The number of anilines is 1. The number of urea groups is 1. The molecule has 0 fully saturated rings. The number of allylic oxidation sites excluding steroid dienone is 1. The second-order valence-corrected chi connectivity index (χ2v) is 4.43. The van der Waals surface area contributed by atoms with Crippen molar-refractivity contribution in [2.45, 2.75) is 6.92 Å². The molecule has 0 radical (unpaired) electrons. The zero-order chi connectivity index (χ0) is 14.9. The van der Waals surface area contributed by atoms with Gasteiger partial charge in [0.05, 0.1) is 0 Å². The van der Waals surface area contributed by atoms with Gasteiger partial charge >= 0.3 is 6.03 Å². The maximum atomic E-state index is 11.6. The van der Waals surface area contributed by atoms with E-state index in [0.29, 0.717) is 0 Å². The van der Waals surface area contributed by atoms with E-state index in [4.69, 9.17) is 0 Å². The Kier molecular flexibility index (Phi) is 5.29. The molecule has 0 aliphatic carbocycles. The second kappa shape index (κ2) is 7.65. The largest absolute Gasteiger partial charge is 0.339 e. The first kappa shape index (κ1) is 14.5. The molecule has 2 aromatic carbocycles. The van der Waals surface area contributed by atoms with Crippen molar-refractivity contribution >= 4 is 24.0 Å². The van der Waals surface area contributed by atoms with E-state index in [1.165, 1.54) is 6.21 Å². The molecule has 0 bridgehead atoms. The molecule has 21 heavy (non-hydrogen) atoms. The minimum atomic E-state index is -0.367. The van der Waals surface area contributed by atoms with Crippen LogP contribution in [0, 0.1) is 6.92 Å². The standard InChI is InChI=1S/C17H17N3O/c1-14-8-5-6-12-16(14)19-17(21)20-18-13-7-11-15-9-3-2-4-10-15/h2-13H,1H3,(H2,19,20,21)/b11-7+,18-13+. The Morgan fingerprint density at radius 1 is 1.05 bits per heavy atom. The molecule has 0 unspecified atom stereocenters. The van der Waals surface area contributed by atoms with Gasteiger partial charge < -0.3 is 5.32 Å². The summed E-state index contributed by atoms with van der Waals surface area (Å²) < 4.78 is 0. The molecule has 2 N–H and O–H groups in total. The minimum absolute atomic E-state index is 0.367. The first-order chi connectivity index (χ1) is 10.3. The SMILES string of the molecule is Cc1ccccc1NC(=O)N/N=C/C=C/c1ccccc1. The van der Waals surface area contributed by atoms with E-state index in [1.54, 1.807) is 6.08 Å². The van der Waals surface area contributed by atoms with E-state index in [2.05, 4.69) is 15.8 Å². The highest BCUT2D eigenvalue weighted by atomic mass is 16.2. The van der Waals surface area contributed by atoms with Crippen molar-refractivity contribution in [1.29, 1.82) is 0 Å². The number of rotatable bonds is 4. The second-order valence-electron chi connectivity index (χ2n) is 4.43. The average Bonchev–Trinajstić information content (AvgIpc) is 2.50. The van der Waals surface area contributed by atoms with Gasteiger partial charge in [-0.05, 0) is 30.2 Å². The van der Waals surface area contributed by atoms with Gasteiger partial charge in [-0.2, -0.15) is 5.10 Å². The third-order valence-corrected chi connectivity index (χ3v) is 2.81. The van der Waals surface area contributed by atoms with Crippen molar-refractivity contribution in [3.05, 3.63) is 71.8 Å². The maximum Gasteiger partial charge on any atom is 0.339 e. The Labute approximate surface area is 124 Å². The maximum absolute atomic E-state index is 11.6. The van der Waals surface area contributed by atoms with Crippen LogP contribution in [0.3, 0.4) is 0 Å². The Morgan fingerprint density at radius 2 is 1.76 bits per heavy atom. The molecule has 4 heteroatoms. The first-order valence-electron chi connectivity index (χ1n) is 6.63. The van der Waals surface area contributed by atoms with Crippen LogP contribution < -0.4 is 10.7 Å². The topological polar surface area (TPSA) is 53.5 Å². The highest BCUT2D eigenvalue weighted by molar-refractivity contribution is 5.90. The number of benzene rings is 2. The van der Waals surface area contributed by atoms with Gasteiger partial charge in [-0.25, -0.2) is 10.2 Å². The number of aryl methyl sites for hydroxylation is 1. The van der Waals surface area contributed by atoms with E-state index in [1.807, 2.05) is 67.6 Å². The fraction of sp³-hybridized carbons (Fsp3) is 0.0588. The van der Waals surface area contributed by atoms with Crippen LogP contribution in [0.2, 0.25) is 0 Å². The predicted molar refractivity (Wildman–Crippen MR) is 87.3 cm³/mol. The first-order valence-corrected chi connectivity index (χ1v) is 6.63. The molecule has 2 aromatic rings. The lowest BCUT2D eigenvalue weighted by Crippen LogP contribution is -2.24. The lowest BCUT2D eigenvalue weighted by molar-refractivity contribution is 0.252. The Hall–Kier alpha value is -2.88. The summed E-state index contributed by atoms with van der Waals surface area (Å²) in [5.41, 5.74) is 5.26. The van der Waals surface area contributed by atoms with Gasteiger partial charge in [-0.15, -0.1) is 0 Å². The Balaban J connectivity index is 1.80. The molecule has 0 saturated carbocycles. The summed E-state index contributed by atoms with van der Waals surface area (Å²) in [4.78, 5) is 11.6. The van der Waals surface area contributed by atoms with Gasteiger partial charge in [0.15, 0.2) is 0 Å². The Morgan fingerprint density at radius 3 is 2.52 bits per heavy atom. The molecular weight excluding hydrogens is 262 g/mol. The lowest BCUT2D eigenvalue weighted by atomic mass is 10.2. The normalized spacial score (nSPS) is 10.9. The molecule has 2 rings (SSSR count). The van der Waals surface area contributed by atoms with Crippen molar-refractivity contribution in [3.8, 4) is 0 Å². The number of hydrogen-bond acceptors (Lipinski definition) is 2. The van der Waals surface area contributed by atoms with Crippen LogP contribution in [0.25, 0.3) is 6.08 Å². The number of para-hydroxylation sites is 1. The number of nitrogens with zero attached hydrogens (tertiary/aromatic N) is 1. The van der Waals surface area contributed by atoms with Gasteiger partial charge in [-0.3, -0.25) is 0 Å². The molecule has 0 heterocycles. The smallest absolute Gasteiger partial charge is 0.306 e. The zero-order valence-corrected chi connectivity index (χ0v) is 11.8. The molecule has 0 aliphatic heterocycles. The van der Waals surface area contributed by atoms with Crippen LogP contribution in [0.15, 0.2) is 65.8 Å². The van der Waals surface area contributed by atoms with E-state index in [0.717, 1.165) is 16.8 Å². The number of hydrazone groups is 1. The summed E-state index contributed by atoms with van der Waals surface area (Å²) in [5.74, 6) is 0. The van der Waals surface area contributed by atoms with Crippen molar-refractivity contribution in [1.82, 2.24) is 5.43 Å². The van der Waals surface area contributed by atoms with Crippen LogP contribution in [0.4, 0.5) is 10.5 Å². The number of hydrogen-bond donors (Lipinski definition) is 2. The quantitative estimate of drug-likeness (QED) is 0.649. The monoisotopic (exact) mass is 279 g/mol. The number of nitrogens with one attached hydrogen (secondary N) is 2. The summed E-state index contributed by atoms with van der Waals surface area (Å²) in [6.45, 7) is 1.93. The summed E-state index contributed by atoms with van der Waals surface area (Å²) in [6, 6.07) is 17.1. The molecule has 0 aliphatic rings. The van der Waals surface area contributed by atoms with E-state index >= 15 is 0 Å². The number of amides is 2. The fourth-order valence-corrected chi connectivity index (χ4v) is 1.72. The van der Waals surface area contributed by atoms with Crippen molar-refractivity contribution in [2.24, 2.45) is 5.10 Å². The van der Waals surface area contributed by atoms with Crippen LogP contribution in [-0.4, -0.2) is 12.2 Å². The van der Waals surface area contributed by atoms with Crippen molar-refractivity contribution in [2.75, 3.05) is 5.32 Å². The van der Waals surface area contributed by atoms with Gasteiger partial charge in [-0.1, -0.05) is 54.6 Å². The van der Waals surface area contributed by atoms with Crippen LogP contribution in [-0.2, 0) is 0 Å². The predicted octanol–water partition coefficient (Wildman–Crippen LogP) is 3.82. The van der Waals surface area contributed by atoms with Crippen LogP contribution >= 0.6 is 0 Å². The van der Waals surface area contributed by atoms with E-state index in [-0.39, 0.29) is 6.03 Å². The minimum Gasteiger partial charge on any atom is -0.306 e. The molecule has 106 valence electrons. The number of carbonyl (C=O) groups is 1. The van der Waals surface area contributed by atoms with Crippen LogP contribution in [0.5, 0.6) is 0 Å². The molecule has 0 spiro atoms. The van der Waals surface area contributed by atoms with Gasteiger partial charge in [0.25, 0.3) is 0 Å². The van der Waals surface area contributed by atoms with Gasteiger partial charge in [0.2, 0.25) is 0 Å². The molecule has 4 nitrogen and oxygen atoms in total. The summed E-state index contributed by atoms with van der Waals surface area (Å²) in [5, 5.41) is 6.57. The third-order valence-electron chi connectivity index (χ3n) is 2.81. The fourth-order valence-electron chi connectivity index (χ4n) is 1.72. The average molecular weight is 279 g/mol. The summed E-state index contributed by atoms with van der Waals surface area (Å²) in [6.07, 6.45) is 5.21. The highest BCUT2D eigenvalue weighted by Crippen LogP contribution is 2.12. The summed E-state index contributed by atoms with van der Waals surface area (Å²) in [7, 11) is 0. The van der Waals surface area contributed by atoms with Gasteiger partial charge in [0.1, 0.15) is 0 Å². The highest BCUT2D eigenvalue weighted by Gasteiger charge is 2.01. The summed E-state index contributed by atoms with van der Waals surface area (Å²) >= 11 is 0. The molecular formula is C17H17N3O.